The highest BCUT2D eigenvalue weighted by Gasteiger charge is 2.18. The van der Waals surface area contributed by atoms with Crippen LogP contribution in [0.1, 0.15) is 23.0 Å². The van der Waals surface area contributed by atoms with Gasteiger partial charge in [-0.25, -0.2) is 4.79 Å². The van der Waals surface area contributed by atoms with Gasteiger partial charge in [0.05, 0.1) is 12.8 Å². The summed E-state index contributed by atoms with van der Waals surface area (Å²) in [6.07, 6.45) is 0.909. The lowest BCUT2D eigenvalue weighted by molar-refractivity contribution is 0.0595. The highest BCUT2D eigenvalue weighted by molar-refractivity contribution is 5.92. The van der Waals surface area contributed by atoms with E-state index in [1.807, 2.05) is 24.3 Å². The maximum atomic E-state index is 11.4. The van der Waals surface area contributed by atoms with Crippen molar-refractivity contribution in [2.75, 3.05) is 12.8 Å². The van der Waals surface area contributed by atoms with Gasteiger partial charge in [-0.1, -0.05) is 24.3 Å². The van der Waals surface area contributed by atoms with Crippen molar-refractivity contribution in [2.45, 2.75) is 13.3 Å². The molecule has 0 bridgehead atoms. The molecule has 6 heteroatoms. The largest absolute Gasteiger partial charge is 0.464 e. The number of hydrogen-bond acceptors (Lipinski definition) is 5. The van der Waals surface area contributed by atoms with Gasteiger partial charge in [0, 0.05) is 0 Å². The Balaban J connectivity index is 2.45. The van der Waals surface area contributed by atoms with Crippen LogP contribution in [0.4, 0.5) is 5.82 Å². The summed E-state index contributed by atoms with van der Waals surface area (Å²) in [5.41, 5.74) is 7.80. The molecule has 94 valence electrons. The Hall–Kier alpha value is -2.37. The van der Waals surface area contributed by atoms with Gasteiger partial charge in [0.2, 0.25) is 5.69 Å². The molecule has 1 heterocycles. The van der Waals surface area contributed by atoms with Crippen LogP contribution < -0.4 is 5.73 Å². The number of rotatable bonds is 3. The number of anilines is 1. The quantitative estimate of drug-likeness (QED) is 0.823. The van der Waals surface area contributed by atoms with Crippen LogP contribution in [0.15, 0.2) is 24.3 Å². The first-order valence-corrected chi connectivity index (χ1v) is 5.56. The van der Waals surface area contributed by atoms with Gasteiger partial charge in [-0.05, 0) is 24.1 Å². The van der Waals surface area contributed by atoms with Gasteiger partial charge >= 0.3 is 5.97 Å². The van der Waals surface area contributed by atoms with E-state index in [2.05, 4.69) is 22.0 Å². The minimum absolute atomic E-state index is 0.0272. The minimum atomic E-state index is -0.592. The number of aryl methyl sites for hydroxylation is 1. The second-order valence-corrected chi connectivity index (χ2v) is 3.75. The minimum Gasteiger partial charge on any atom is -0.464 e. The van der Waals surface area contributed by atoms with Crippen LogP contribution in [0.25, 0.3) is 5.69 Å². The van der Waals surface area contributed by atoms with Crippen molar-refractivity contribution in [3.8, 4) is 5.69 Å². The number of esters is 1. The lowest BCUT2D eigenvalue weighted by Crippen LogP contribution is -2.08. The van der Waals surface area contributed by atoms with E-state index in [0.717, 1.165) is 17.7 Å². The predicted molar refractivity (Wildman–Crippen MR) is 66.5 cm³/mol. The zero-order valence-electron chi connectivity index (χ0n) is 10.3. The van der Waals surface area contributed by atoms with Crippen LogP contribution in [0.2, 0.25) is 0 Å². The highest BCUT2D eigenvalue weighted by Crippen LogP contribution is 2.17. The molecule has 0 aliphatic heterocycles. The van der Waals surface area contributed by atoms with Gasteiger partial charge in [0.15, 0.2) is 5.82 Å². The van der Waals surface area contributed by atoms with E-state index in [4.69, 9.17) is 5.73 Å². The molecule has 1 aromatic heterocycles. The first kappa shape index (κ1) is 12.1. The standard InChI is InChI=1S/C12H14N4O2/c1-3-8-5-4-6-9(7-8)16-11(13)10(14-15-16)12(17)18-2/h4-7H,3,13H2,1-2H3. The van der Waals surface area contributed by atoms with Crippen LogP contribution in [-0.2, 0) is 11.2 Å². The number of nitrogen functional groups attached to an aromatic ring is 1. The van der Waals surface area contributed by atoms with E-state index in [-0.39, 0.29) is 11.5 Å². The van der Waals surface area contributed by atoms with Gasteiger partial charge in [-0.2, -0.15) is 4.68 Å². The third-order valence-corrected chi connectivity index (χ3v) is 2.65. The number of benzene rings is 1. The zero-order chi connectivity index (χ0) is 13.1. The molecule has 0 aliphatic carbocycles. The average Bonchev–Trinajstić information content (AvgIpc) is 2.80. The smallest absolute Gasteiger partial charge is 0.362 e. The number of methoxy groups -OCH3 is 1. The summed E-state index contributed by atoms with van der Waals surface area (Å²) >= 11 is 0. The Morgan fingerprint density at radius 3 is 2.94 bits per heavy atom. The molecule has 0 unspecified atom stereocenters. The Bertz CT molecular complexity index is 577. The molecule has 0 spiro atoms. The fourth-order valence-electron chi connectivity index (χ4n) is 1.63. The van der Waals surface area contributed by atoms with Crippen molar-refractivity contribution in [3.05, 3.63) is 35.5 Å². The number of hydrogen-bond donors (Lipinski definition) is 1. The van der Waals surface area contributed by atoms with Crippen molar-refractivity contribution in [2.24, 2.45) is 0 Å². The molecular weight excluding hydrogens is 232 g/mol. The van der Waals surface area contributed by atoms with Crippen molar-refractivity contribution in [3.63, 3.8) is 0 Å². The van der Waals surface area contributed by atoms with Gasteiger partial charge < -0.3 is 10.5 Å². The molecule has 1 aromatic carbocycles. The predicted octanol–water partition coefficient (Wildman–Crippen LogP) is 1.20. The van der Waals surface area contributed by atoms with Crippen LogP contribution in [-0.4, -0.2) is 28.1 Å². The van der Waals surface area contributed by atoms with E-state index in [9.17, 15) is 4.79 Å². The number of carbonyl (C=O) groups is 1. The Morgan fingerprint density at radius 2 is 2.28 bits per heavy atom. The van der Waals surface area contributed by atoms with Crippen molar-refractivity contribution in [1.29, 1.82) is 0 Å². The number of carbonyl (C=O) groups excluding carboxylic acids is 1. The molecule has 0 fully saturated rings. The van der Waals surface area contributed by atoms with E-state index >= 15 is 0 Å². The average molecular weight is 246 g/mol. The van der Waals surface area contributed by atoms with Crippen molar-refractivity contribution >= 4 is 11.8 Å². The monoisotopic (exact) mass is 246 g/mol. The fraction of sp³-hybridized carbons (Fsp3) is 0.250. The number of nitrogens with two attached hydrogens (primary N) is 1. The first-order chi connectivity index (χ1) is 8.67. The summed E-state index contributed by atoms with van der Waals surface area (Å²) < 4.78 is 6.00. The van der Waals surface area contributed by atoms with Crippen molar-refractivity contribution < 1.29 is 9.53 Å². The van der Waals surface area contributed by atoms with Crippen molar-refractivity contribution in [1.82, 2.24) is 15.0 Å². The number of ether oxygens (including phenoxy) is 1. The van der Waals surface area contributed by atoms with E-state index in [0.29, 0.717) is 0 Å². The fourth-order valence-corrected chi connectivity index (χ4v) is 1.63. The molecule has 2 rings (SSSR count). The Morgan fingerprint density at radius 1 is 1.50 bits per heavy atom. The van der Waals surface area contributed by atoms with E-state index in [1.54, 1.807) is 0 Å². The summed E-state index contributed by atoms with van der Waals surface area (Å²) in [6.45, 7) is 2.06. The summed E-state index contributed by atoms with van der Waals surface area (Å²) in [7, 11) is 1.28. The summed E-state index contributed by atoms with van der Waals surface area (Å²) in [5, 5.41) is 7.60. The molecule has 0 saturated heterocycles. The molecular formula is C12H14N4O2. The number of aromatic nitrogens is 3. The van der Waals surface area contributed by atoms with Gasteiger partial charge in [0.1, 0.15) is 0 Å². The molecule has 0 amide bonds. The highest BCUT2D eigenvalue weighted by atomic mass is 16.5. The molecule has 18 heavy (non-hydrogen) atoms. The molecule has 2 N–H and O–H groups in total. The SMILES string of the molecule is CCc1cccc(-n2nnc(C(=O)OC)c2N)c1. The van der Waals surface area contributed by atoms with Crippen LogP contribution in [0.3, 0.4) is 0 Å². The third-order valence-electron chi connectivity index (χ3n) is 2.65. The molecule has 0 atom stereocenters. The maximum absolute atomic E-state index is 11.4. The first-order valence-electron chi connectivity index (χ1n) is 5.56. The third kappa shape index (κ3) is 2.04. The molecule has 6 nitrogen and oxygen atoms in total. The van der Waals surface area contributed by atoms with Gasteiger partial charge in [-0.15, -0.1) is 5.10 Å². The summed E-state index contributed by atoms with van der Waals surface area (Å²) in [5.74, 6) is -0.416. The molecule has 0 saturated carbocycles. The number of nitrogens with zero attached hydrogens (tertiary/aromatic N) is 3. The topological polar surface area (TPSA) is 83.0 Å². The normalized spacial score (nSPS) is 10.3. The Labute approximate surface area is 104 Å². The van der Waals surface area contributed by atoms with Gasteiger partial charge in [0.25, 0.3) is 0 Å². The molecule has 2 aromatic rings. The second-order valence-electron chi connectivity index (χ2n) is 3.75. The maximum Gasteiger partial charge on any atom is 0.362 e. The molecule has 0 radical (unpaired) electrons. The summed E-state index contributed by atoms with van der Waals surface area (Å²) in [6, 6.07) is 7.72. The van der Waals surface area contributed by atoms with E-state index in [1.165, 1.54) is 11.8 Å². The molecule has 0 aliphatic rings. The van der Waals surface area contributed by atoms with Crippen LogP contribution >= 0.6 is 0 Å². The Kier molecular flexibility index (Phi) is 3.27. The van der Waals surface area contributed by atoms with E-state index < -0.39 is 5.97 Å². The van der Waals surface area contributed by atoms with Gasteiger partial charge in [-0.3, -0.25) is 0 Å². The summed E-state index contributed by atoms with van der Waals surface area (Å²) in [4.78, 5) is 11.4. The lowest BCUT2D eigenvalue weighted by Gasteiger charge is -2.04. The lowest BCUT2D eigenvalue weighted by atomic mass is 10.1. The second kappa shape index (κ2) is 4.87. The van der Waals surface area contributed by atoms with Crippen LogP contribution in [0, 0.1) is 0 Å². The van der Waals surface area contributed by atoms with Crippen LogP contribution in [0.5, 0.6) is 0 Å². The zero-order valence-corrected chi connectivity index (χ0v) is 10.3.